The highest BCUT2D eigenvalue weighted by molar-refractivity contribution is 5.93. The first-order valence-electron chi connectivity index (χ1n) is 9.68. The van der Waals surface area contributed by atoms with Crippen molar-refractivity contribution in [1.29, 1.82) is 0 Å². The molecule has 0 aliphatic carbocycles. The summed E-state index contributed by atoms with van der Waals surface area (Å²) in [5, 5.41) is 8.05. The molecule has 1 aliphatic rings. The topological polar surface area (TPSA) is 114 Å². The maximum absolute atomic E-state index is 12.5. The summed E-state index contributed by atoms with van der Waals surface area (Å²) in [5.74, 6) is -1.38. The van der Waals surface area contributed by atoms with Crippen molar-refractivity contribution in [2.45, 2.75) is 78.5 Å². The van der Waals surface area contributed by atoms with Crippen molar-refractivity contribution in [3.8, 4) is 0 Å². The molecule has 0 aromatic rings. The molecule has 154 valence electrons. The molecule has 0 aromatic heterocycles. The summed E-state index contributed by atoms with van der Waals surface area (Å²) >= 11 is 0. The maximum Gasteiger partial charge on any atom is 0.306 e. The molecule has 0 radical (unpaired) electrons. The van der Waals surface area contributed by atoms with Gasteiger partial charge in [0.1, 0.15) is 12.1 Å². The molecule has 1 saturated heterocycles. The molecule has 3 atom stereocenters. The van der Waals surface area contributed by atoms with Gasteiger partial charge >= 0.3 is 5.97 Å². The molecule has 0 aromatic carbocycles. The van der Waals surface area contributed by atoms with E-state index in [1.807, 2.05) is 27.7 Å². The van der Waals surface area contributed by atoms with Gasteiger partial charge in [-0.3, -0.25) is 19.2 Å². The van der Waals surface area contributed by atoms with Gasteiger partial charge in [0.15, 0.2) is 6.10 Å². The zero-order valence-corrected chi connectivity index (χ0v) is 17.0. The summed E-state index contributed by atoms with van der Waals surface area (Å²) in [6.45, 7) is 9.61. The second-order valence-electron chi connectivity index (χ2n) is 7.92. The largest absolute Gasteiger partial charge is 0.452 e. The van der Waals surface area contributed by atoms with Crippen molar-refractivity contribution in [2.75, 3.05) is 6.54 Å². The van der Waals surface area contributed by atoms with E-state index < -0.39 is 36.0 Å². The lowest BCUT2D eigenvalue weighted by Crippen LogP contribution is -2.54. The Morgan fingerprint density at radius 1 is 0.926 bits per heavy atom. The van der Waals surface area contributed by atoms with E-state index in [9.17, 15) is 19.2 Å². The number of hydrogen-bond acceptors (Lipinski definition) is 5. The van der Waals surface area contributed by atoms with Crippen LogP contribution in [0.3, 0.4) is 0 Å². The molecule has 3 amide bonds. The summed E-state index contributed by atoms with van der Waals surface area (Å²) < 4.78 is 5.31. The number of rotatable bonds is 4. The van der Waals surface area contributed by atoms with Crippen LogP contribution in [0, 0.1) is 11.8 Å². The maximum atomic E-state index is 12.5. The molecule has 3 N–H and O–H groups in total. The molecule has 0 spiro atoms. The Labute approximate surface area is 161 Å². The third kappa shape index (κ3) is 8.41. The average molecular weight is 383 g/mol. The van der Waals surface area contributed by atoms with Gasteiger partial charge in [0.2, 0.25) is 11.8 Å². The van der Waals surface area contributed by atoms with Gasteiger partial charge in [0, 0.05) is 13.0 Å². The van der Waals surface area contributed by atoms with E-state index in [1.54, 1.807) is 0 Å². The number of amides is 3. The Morgan fingerprint density at radius 3 is 2.15 bits per heavy atom. The summed E-state index contributed by atoms with van der Waals surface area (Å²) in [4.78, 5) is 49.3. The minimum absolute atomic E-state index is 0.110. The third-order valence-corrected chi connectivity index (χ3v) is 4.20. The smallest absolute Gasteiger partial charge is 0.306 e. The van der Waals surface area contributed by atoms with Crippen LogP contribution in [0.25, 0.3) is 0 Å². The highest BCUT2D eigenvalue weighted by Gasteiger charge is 2.29. The van der Waals surface area contributed by atoms with E-state index in [1.165, 1.54) is 6.92 Å². The predicted molar refractivity (Wildman–Crippen MR) is 101 cm³/mol. The molecule has 1 heterocycles. The number of ether oxygens (including phenoxy) is 1. The van der Waals surface area contributed by atoms with E-state index in [2.05, 4.69) is 16.0 Å². The second kappa shape index (κ2) is 10.9. The molecule has 0 saturated carbocycles. The molecule has 1 rings (SSSR count). The molecule has 8 heteroatoms. The Kier molecular flexibility index (Phi) is 9.25. The van der Waals surface area contributed by atoms with Crippen molar-refractivity contribution in [1.82, 2.24) is 16.0 Å². The fourth-order valence-corrected chi connectivity index (χ4v) is 2.79. The van der Waals surface area contributed by atoms with Crippen molar-refractivity contribution in [3.63, 3.8) is 0 Å². The lowest BCUT2D eigenvalue weighted by atomic mass is 10.0. The van der Waals surface area contributed by atoms with Crippen LogP contribution in [0.15, 0.2) is 0 Å². The van der Waals surface area contributed by atoms with Crippen molar-refractivity contribution in [2.24, 2.45) is 11.8 Å². The zero-order chi connectivity index (χ0) is 20.6. The van der Waals surface area contributed by atoms with Crippen molar-refractivity contribution >= 4 is 23.7 Å². The first-order chi connectivity index (χ1) is 12.6. The van der Waals surface area contributed by atoms with Crippen LogP contribution in [-0.2, 0) is 23.9 Å². The number of esters is 1. The minimum Gasteiger partial charge on any atom is -0.452 e. The average Bonchev–Trinajstić information content (AvgIpc) is 2.55. The van der Waals surface area contributed by atoms with Gasteiger partial charge in [-0.25, -0.2) is 0 Å². The quantitative estimate of drug-likeness (QED) is 0.624. The number of carbonyl (C=O) groups excluding carboxylic acids is 4. The van der Waals surface area contributed by atoms with E-state index in [0.717, 1.165) is 0 Å². The van der Waals surface area contributed by atoms with Gasteiger partial charge in [-0.15, -0.1) is 0 Å². The van der Waals surface area contributed by atoms with Crippen molar-refractivity contribution < 1.29 is 23.9 Å². The highest BCUT2D eigenvalue weighted by Crippen LogP contribution is 2.11. The highest BCUT2D eigenvalue weighted by atomic mass is 16.5. The van der Waals surface area contributed by atoms with Gasteiger partial charge in [0.05, 0.1) is 0 Å². The summed E-state index contributed by atoms with van der Waals surface area (Å²) in [7, 11) is 0. The van der Waals surface area contributed by atoms with Crippen LogP contribution in [0.5, 0.6) is 0 Å². The van der Waals surface area contributed by atoms with Gasteiger partial charge in [-0.2, -0.15) is 0 Å². The predicted octanol–water partition coefficient (Wildman–Crippen LogP) is 0.890. The summed E-state index contributed by atoms with van der Waals surface area (Å²) in [6.07, 6.45) is 0.435. The summed E-state index contributed by atoms with van der Waals surface area (Å²) in [6, 6.07) is -1.53. The molecule has 1 aliphatic heterocycles. The Bertz CT molecular complexity index is 547. The monoisotopic (exact) mass is 383 g/mol. The molecule has 0 unspecified atom stereocenters. The van der Waals surface area contributed by atoms with Crippen molar-refractivity contribution in [3.05, 3.63) is 0 Å². The van der Waals surface area contributed by atoms with Crippen LogP contribution >= 0.6 is 0 Å². The number of nitrogens with one attached hydrogen (secondary N) is 3. The molecular formula is C19H33N3O5. The summed E-state index contributed by atoms with van der Waals surface area (Å²) in [5.41, 5.74) is 0. The number of hydrogen-bond donors (Lipinski definition) is 3. The van der Waals surface area contributed by atoms with Gasteiger partial charge in [0.25, 0.3) is 5.91 Å². The second-order valence-corrected chi connectivity index (χ2v) is 7.92. The SMILES string of the molecule is CC(C)C[C@H]1NC(=O)[C@H](C)NC(=O)[C@@H](CC(C)C)OC(=O)CCCNC1=O. The Hall–Kier alpha value is -2.12. The number of cyclic esters (lactones) is 1. The van der Waals surface area contributed by atoms with Gasteiger partial charge in [-0.1, -0.05) is 27.7 Å². The van der Waals surface area contributed by atoms with E-state index in [-0.39, 0.29) is 24.2 Å². The van der Waals surface area contributed by atoms with E-state index in [0.29, 0.717) is 25.8 Å². The third-order valence-electron chi connectivity index (χ3n) is 4.20. The lowest BCUT2D eigenvalue weighted by Gasteiger charge is -2.25. The lowest BCUT2D eigenvalue weighted by molar-refractivity contribution is -0.157. The van der Waals surface area contributed by atoms with Gasteiger partial charge in [-0.05, 0) is 38.0 Å². The molecule has 8 nitrogen and oxygen atoms in total. The number of carbonyl (C=O) groups is 4. The van der Waals surface area contributed by atoms with Crippen LogP contribution in [-0.4, -0.2) is 48.4 Å². The molecule has 0 bridgehead atoms. The first-order valence-corrected chi connectivity index (χ1v) is 9.68. The minimum atomic E-state index is -0.934. The Balaban J connectivity index is 2.96. The van der Waals surface area contributed by atoms with E-state index >= 15 is 0 Å². The van der Waals surface area contributed by atoms with Crippen LogP contribution in [0.4, 0.5) is 0 Å². The molecule has 1 fully saturated rings. The zero-order valence-electron chi connectivity index (χ0n) is 17.0. The molecular weight excluding hydrogens is 350 g/mol. The standard InChI is InChI=1S/C19H33N3O5/c1-11(2)9-14-18(25)20-8-6-7-16(23)27-15(10-12(3)4)19(26)21-13(5)17(24)22-14/h11-15H,6-10H2,1-5H3,(H,20,25)(H,21,26)(H,22,24)/t13-,14+,15+/m0/s1. The van der Waals surface area contributed by atoms with Crippen LogP contribution in [0.1, 0.15) is 60.3 Å². The van der Waals surface area contributed by atoms with Crippen LogP contribution < -0.4 is 16.0 Å². The van der Waals surface area contributed by atoms with E-state index in [4.69, 9.17) is 4.74 Å². The normalized spacial score (nSPS) is 26.1. The fourth-order valence-electron chi connectivity index (χ4n) is 2.79. The van der Waals surface area contributed by atoms with Gasteiger partial charge < -0.3 is 20.7 Å². The molecule has 27 heavy (non-hydrogen) atoms. The first kappa shape index (κ1) is 22.9. The van der Waals surface area contributed by atoms with Crippen LogP contribution in [0.2, 0.25) is 0 Å². The fraction of sp³-hybridized carbons (Fsp3) is 0.789. The Morgan fingerprint density at radius 2 is 1.56 bits per heavy atom.